The zero-order valence-electron chi connectivity index (χ0n) is 11.6. The Labute approximate surface area is 118 Å². The monoisotopic (exact) mass is 286 g/mol. The van der Waals surface area contributed by atoms with E-state index in [2.05, 4.69) is 4.74 Å². The van der Waals surface area contributed by atoms with Gasteiger partial charge in [0, 0.05) is 0 Å². The van der Waals surface area contributed by atoms with Crippen LogP contribution in [-0.4, -0.2) is 25.8 Å². The van der Waals surface area contributed by atoms with Crippen molar-refractivity contribution >= 4 is 17.6 Å². The average molecular weight is 287 g/mol. The topological polar surface area (TPSA) is 44.8 Å². The minimum Gasteiger partial charge on any atom is -0.490 e. The molecule has 0 heterocycles. The first-order valence-electron chi connectivity index (χ1n) is 6.14. The van der Waals surface area contributed by atoms with Gasteiger partial charge >= 0.3 is 5.97 Å². The van der Waals surface area contributed by atoms with E-state index in [0.29, 0.717) is 23.7 Å². The smallest absolute Gasteiger partial charge is 0.328 e. The van der Waals surface area contributed by atoms with Gasteiger partial charge in [0.25, 0.3) is 0 Å². The molecule has 0 saturated heterocycles. The molecule has 0 spiro atoms. The number of ether oxygens (including phenoxy) is 3. The number of carbonyl (C=O) groups is 1. The Kier molecular flexibility index (Phi) is 5.96. The van der Waals surface area contributed by atoms with E-state index in [9.17, 15) is 4.79 Å². The van der Waals surface area contributed by atoms with Gasteiger partial charge in [-0.05, 0) is 38.5 Å². The predicted molar refractivity (Wildman–Crippen MR) is 74.0 cm³/mol. The van der Waals surface area contributed by atoms with Crippen LogP contribution in [0.3, 0.4) is 0 Å². The highest BCUT2D eigenvalue weighted by Crippen LogP contribution is 2.33. The molecule has 1 aromatic carbocycles. The van der Waals surface area contributed by atoms with E-state index in [0.717, 1.165) is 0 Å². The highest BCUT2D eigenvalue weighted by molar-refractivity contribution is 6.29. The van der Waals surface area contributed by atoms with Crippen molar-refractivity contribution in [2.45, 2.75) is 32.3 Å². The molecule has 0 saturated carbocycles. The van der Waals surface area contributed by atoms with Crippen molar-refractivity contribution in [3.05, 3.63) is 23.8 Å². The first-order chi connectivity index (χ1) is 8.99. The summed E-state index contributed by atoms with van der Waals surface area (Å²) >= 11 is 6.02. The standard InChI is InChI=1S/C14H19ClO4/c1-5-18-12-8-10(13(15)14(16)17-4)6-7-11(12)19-9(2)3/h6-9,13H,5H2,1-4H3. The van der Waals surface area contributed by atoms with E-state index in [1.807, 2.05) is 20.8 Å². The van der Waals surface area contributed by atoms with Gasteiger partial charge < -0.3 is 14.2 Å². The molecule has 106 valence electrons. The van der Waals surface area contributed by atoms with Crippen LogP contribution >= 0.6 is 11.6 Å². The van der Waals surface area contributed by atoms with Crippen LogP contribution in [0.15, 0.2) is 18.2 Å². The van der Waals surface area contributed by atoms with Crippen molar-refractivity contribution < 1.29 is 19.0 Å². The number of hydrogen-bond acceptors (Lipinski definition) is 4. The molecule has 0 aliphatic carbocycles. The molecule has 0 aliphatic rings. The van der Waals surface area contributed by atoms with Crippen LogP contribution in [0.2, 0.25) is 0 Å². The zero-order valence-corrected chi connectivity index (χ0v) is 12.4. The summed E-state index contributed by atoms with van der Waals surface area (Å²) in [7, 11) is 1.30. The maximum Gasteiger partial charge on any atom is 0.328 e. The average Bonchev–Trinajstić information content (AvgIpc) is 2.38. The number of methoxy groups -OCH3 is 1. The molecule has 0 aromatic heterocycles. The van der Waals surface area contributed by atoms with Crippen LogP contribution in [0.25, 0.3) is 0 Å². The minimum absolute atomic E-state index is 0.0393. The van der Waals surface area contributed by atoms with E-state index in [1.54, 1.807) is 18.2 Å². The lowest BCUT2D eigenvalue weighted by Crippen LogP contribution is -2.10. The third kappa shape index (κ3) is 4.31. The molecular weight excluding hydrogens is 268 g/mol. The fourth-order valence-electron chi connectivity index (χ4n) is 1.54. The maximum absolute atomic E-state index is 11.4. The largest absolute Gasteiger partial charge is 0.490 e. The van der Waals surface area contributed by atoms with Crippen molar-refractivity contribution in [3.8, 4) is 11.5 Å². The van der Waals surface area contributed by atoms with Crippen LogP contribution in [0.5, 0.6) is 11.5 Å². The first kappa shape index (κ1) is 15.6. The fourth-order valence-corrected chi connectivity index (χ4v) is 1.77. The Balaban J connectivity index is 3.04. The summed E-state index contributed by atoms with van der Waals surface area (Å²) in [5.74, 6) is 0.708. The molecule has 0 N–H and O–H groups in total. The fraction of sp³-hybridized carbons (Fsp3) is 0.500. The van der Waals surface area contributed by atoms with E-state index >= 15 is 0 Å². The van der Waals surface area contributed by atoms with Crippen LogP contribution in [0.4, 0.5) is 0 Å². The van der Waals surface area contributed by atoms with Gasteiger partial charge in [0.2, 0.25) is 0 Å². The Bertz CT molecular complexity index is 431. The number of benzene rings is 1. The third-order valence-electron chi connectivity index (χ3n) is 2.33. The van der Waals surface area contributed by atoms with E-state index < -0.39 is 11.3 Å². The maximum atomic E-state index is 11.4. The summed E-state index contributed by atoms with van der Waals surface area (Å²) in [6.45, 7) is 6.25. The second-order valence-corrected chi connectivity index (χ2v) is 4.63. The lowest BCUT2D eigenvalue weighted by Gasteiger charge is -2.16. The summed E-state index contributed by atoms with van der Waals surface area (Å²) in [4.78, 5) is 11.4. The van der Waals surface area contributed by atoms with Crippen LogP contribution in [-0.2, 0) is 9.53 Å². The van der Waals surface area contributed by atoms with Gasteiger partial charge in [-0.15, -0.1) is 11.6 Å². The number of halogens is 1. The molecule has 1 unspecified atom stereocenters. The Morgan fingerprint density at radius 2 is 2.00 bits per heavy atom. The summed E-state index contributed by atoms with van der Waals surface area (Å²) in [5.41, 5.74) is 0.619. The van der Waals surface area contributed by atoms with Crippen LogP contribution in [0, 0.1) is 0 Å². The Hall–Kier alpha value is -1.42. The minimum atomic E-state index is -0.850. The molecule has 0 fully saturated rings. The van der Waals surface area contributed by atoms with Crippen molar-refractivity contribution in [3.63, 3.8) is 0 Å². The molecule has 1 aromatic rings. The van der Waals surface area contributed by atoms with Gasteiger partial charge in [0.15, 0.2) is 16.9 Å². The molecule has 0 amide bonds. The summed E-state index contributed by atoms with van der Waals surface area (Å²) in [6, 6.07) is 5.18. The normalized spacial score (nSPS) is 12.1. The van der Waals surface area contributed by atoms with Gasteiger partial charge in [-0.25, -0.2) is 0 Å². The summed E-state index contributed by atoms with van der Waals surface area (Å²) in [6.07, 6.45) is 0.0393. The molecule has 0 radical (unpaired) electrons. The van der Waals surface area contributed by atoms with Gasteiger partial charge in [0.05, 0.1) is 19.8 Å². The number of carbonyl (C=O) groups excluding carboxylic acids is 1. The molecule has 1 rings (SSSR count). The SMILES string of the molecule is CCOc1cc(C(Cl)C(=O)OC)ccc1OC(C)C. The van der Waals surface area contributed by atoms with Crippen molar-refractivity contribution in [2.24, 2.45) is 0 Å². The van der Waals surface area contributed by atoms with E-state index in [4.69, 9.17) is 21.1 Å². The molecular formula is C14H19ClO4. The zero-order chi connectivity index (χ0) is 14.4. The van der Waals surface area contributed by atoms with E-state index in [1.165, 1.54) is 7.11 Å². The van der Waals surface area contributed by atoms with Crippen LogP contribution in [0.1, 0.15) is 31.7 Å². The van der Waals surface area contributed by atoms with Crippen molar-refractivity contribution in [2.75, 3.05) is 13.7 Å². The van der Waals surface area contributed by atoms with Gasteiger partial charge in [0.1, 0.15) is 0 Å². The lowest BCUT2D eigenvalue weighted by molar-refractivity contribution is -0.140. The van der Waals surface area contributed by atoms with Crippen molar-refractivity contribution in [1.29, 1.82) is 0 Å². The molecule has 0 bridgehead atoms. The predicted octanol–water partition coefficient (Wildman–Crippen LogP) is 3.33. The lowest BCUT2D eigenvalue weighted by atomic mass is 10.1. The van der Waals surface area contributed by atoms with Gasteiger partial charge in [-0.3, -0.25) is 4.79 Å². The highest BCUT2D eigenvalue weighted by atomic mass is 35.5. The summed E-state index contributed by atoms with van der Waals surface area (Å²) < 4.78 is 15.8. The molecule has 1 atom stereocenters. The number of hydrogen-bond donors (Lipinski definition) is 0. The molecule has 5 heteroatoms. The third-order valence-corrected chi connectivity index (χ3v) is 2.76. The Morgan fingerprint density at radius 1 is 1.32 bits per heavy atom. The number of alkyl halides is 1. The Morgan fingerprint density at radius 3 is 2.53 bits per heavy atom. The number of esters is 1. The molecule has 4 nitrogen and oxygen atoms in total. The summed E-state index contributed by atoms with van der Waals surface area (Å²) in [5, 5.41) is -0.850. The van der Waals surface area contributed by atoms with Crippen molar-refractivity contribution in [1.82, 2.24) is 0 Å². The second kappa shape index (κ2) is 7.24. The first-order valence-corrected chi connectivity index (χ1v) is 6.58. The molecule has 19 heavy (non-hydrogen) atoms. The quantitative estimate of drug-likeness (QED) is 0.594. The molecule has 0 aliphatic heterocycles. The van der Waals surface area contributed by atoms with Gasteiger partial charge in [-0.1, -0.05) is 6.07 Å². The van der Waals surface area contributed by atoms with Crippen LogP contribution < -0.4 is 9.47 Å². The number of rotatable bonds is 6. The van der Waals surface area contributed by atoms with E-state index in [-0.39, 0.29) is 6.10 Å². The van der Waals surface area contributed by atoms with Gasteiger partial charge in [-0.2, -0.15) is 0 Å². The highest BCUT2D eigenvalue weighted by Gasteiger charge is 2.20. The second-order valence-electron chi connectivity index (χ2n) is 4.19.